The van der Waals surface area contributed by atoms with Crippen molar-refractivity contribution in [3.8, 4) is 0 Å². The Bertz CT molecular complexity index is 1090. The zero-order valence-electron chi connectivity index (χ0n) is 24.1. The lowest BCUT2D eigenvalue weighted by Crippen LogP contribution is -2.57. The van der Waals surface area contributed by atoms with Gasteiger partial charge in [-0.05, 0) is 70.4 Å². The van der Waals surface area contributed by atoms with Crippen LogP contribution in [0.5, 0.6) is 0 Å². The molecule has 3 amide bonds. The highest BCUT2D eigenvalue weighted by Crippen LogP contribution is 2.45. The summed E-state index contributed by atoms with van der Waals surface area (Å²) in [5.41, 5.74) is -1.20. The lowest BCUT2D eigenvalue weighted by Gasteiger charge is -2.36. The second kappa shape index (κ2) is 10.8. The lowest BCUT2D eigenvalue weighted by atomic mass is 9.84. The van der Waals surface area contributed by atoms with Crippen molar-refractivity contribution >= 4 is 29.6 Å². The fraction of sp³-hybridized carbons (Fsp3) is 0.667. The monoisotopic (exact) mass is 541 g/mol. The number of alkyl carbamates (subject to hydrolysis) is 1. The summed E-state index contributed by atoms with van der Waals surface area (Å²) in [6.07, 6.45) is 3.46. The molecule has 3 atom stereocenters. The average Bonchev–Trinajstić information content (AvgIpc) is 3.55. The van der Waals surface area contributed by atoms with Gasteiger partial charge in [-0.25, -0.2) is 9.59 Å². The standard InChI is InChI=1S/C30H43N3O6/c1-28(2,3)24(31-27(37)38-21-14-10-11-15-21)25(35)33-19-30(16-22(33)26(36)39-29(4,5)6)17-23(34)32(18-30)20-12-8-7-9-13-20/h7-9,12-13,21-22,24H,10-11,14-19H2,1-6H3,(H,31,37)/t22-,24?,30+/m0/s1. The molecule has 2 saturated heterocycles. The fourth-order valence-corrected chi connectivity index (χ4v) is 5.97. The first kappa shape index (κ1) is 28.9. The molecule has 1 aliphatic carbocycles. The third kappa shape index (κ3) is 6.73. The number of anilines is 1. The van der Waals surface area contributed by atoms with Gasteiger partial charge in [0.05, 0.1) is 0 Å². The Morgan fingerprint density at radius 1 is 1.00 bits per heavy atom. The van der Waals surface area contributed by atoms with Crippen LogP contribution < -0.4 is 10.2 Å². The Morgan fingerprint density at radius 2 is 1.64 bits per heavy atom. The summed E-state index contributed by atoms with van der Waals surface area (Å²) in [5, 5.41) is 2.81. The van der Waals surface area contributed by atoms with Crippen LogP contribution in [0.3, 0.4) is 0 Å². The van der Waals surface area contributed by atoms with Crippen molar-refractivity contribution in [2.45, 2.75) is 104 Å². The van der Waals surface area contributed by atoms with Gasteiger partial charge in [0.1, 0.15) is 23.8 Å². The number of ether oxygens (including phenoxy) is 2. The number of carbonyl (C=O) groups excluding carboxylic acids is 4. The van der Waals surface area contributed by atoms with Gasteiger partial charge in [-0.1, -0.05) is 39.0 Å². The van der Waals surface area contributed by atoms with Crippen molar-refractivity contribution in [3.63, 3.8) is 0 Å². The molecule has 3 aliphatic rings. The van der Waals surface area contributed by atoms with Crippen LogP contribution in [0.25, 0.3) is 0 Å². The average molecular weight is 542 g/mol. The van der Waals surface area contributed by atoms with Gasteiger partial charge < -0.3 is 24.6 Å². The first-order valence-electron chi connectivity index (χ1n) is 14.0. The van der Waals surface area contributed by atoms with E-state index < -0.39 is 40.6 Å². The SMILES string of the molecule is CC(C)(C)OC(=O)[C@@H]1C[C@]2(CC(=O)N(c3ccccc3)C2)CN1C(=O)C(NC(=O)OC1CCCC1)C(C)(C)C. The molecule has 2 aliphatic heterocycles. The van der Waals surface area contributed by atoms with Crippen molar-refractivity contribution in [3.05, 3.63) is 30.3 Å². The van der Waals surface area contributed by atoms with Gasteiger partial charge in [0.25, 0.3) is 0 Å². The van der Waals surface area contributed by atoms with Gasteiger partial charge in [-0.15, -0.1) is 0 Å². The van der Waals surface area contributed by atoms with E-state index in [0.29, 0.717) is 13.0 Å². The molecule has 1 aromatic rings. The number of hydrogen-bond donors (Lipinski definition) is 1. The van der Waals surface area contributed by atoms with Crippen molar-refractivity contribution in [1.82, 2.24) is 10.2 Å². The number of nitrogens with zero attached hydrogens (tertiary/aromatic N) is 2. The minimum atomic E-state index is -0.922. The van der Waals surface area contributed by atoms with Crippen LogP contribution in [0.2, 0.25) is 0 Å². The molecule has 9 heteroatoms. The first-order chi connectivity index (χ1) is 18.2. The van der Waals surface area contributed by atoms with Gasteiger partial charge in [0, 0.05) is 30.6 Å². The van der Waals surface area contributed by atoms with Gasteiger partial charge >= 0.3 is 12.1 Å². The van der Waals surface area contributed by atoms with E-state index in [4.69, 9.17) is 9.47 Å². The molecule has 1 saturated carbocycles. The molecule has 0 radical (unpaired) electrons. The third-order valence-electron chi connectivity index (χ3n) is 7.81. The van der Waals surface area contributed by atoms with Crippen molar-refractivity contribution in [2.24, 2.45) is 10.8 Å². The summed E-state index contributed by atoms with van der Waals surface area (Å²) in [6.45, 7) is 11.6. The maximum atomic E-state index is 14.2. The predicted octanol–water partition coefficient (Wildman–Crippen LogP) is 4.44. The maximum absolute atomic E-state index is 14.2. The zero-order chi connectivity index (χ0) is 28.6. The Kier molecular flexibility index (Phi) is 8.01. The molecule has 1 unspecified atom stereocenters. The Morgan fingerprint density at radius 3 is 2.23 bits per heavy atom. The maximum Gasteiger partial charge on any atom is 0.408 e. The van der Waals surface area contributed by atoms with Crippen LogP contribution in [0.4, 0.5) is 10.5 Å². The normalized spacial score (nSPS) is 24.8. The van der Waals surface area contributed by atoms with E-state index in [1.165, 1.54) is 4.90 Å². The lowest BCUT2D eigenvalue weighted by molar-refractivity contribution is -0.164. The highest BCUT2D eigenvalue weighted by molar-refractivity contribution is 5.97. The van der Waals surface area contributed by atoms with E-state index in [-0.39, 0.29) is 30.9 Å². The number of rotatable bonds is 5. The van der Waals surface area contributed by atoms with E-state index >= 15 is 0 Å². The van der Waals surface area contributed by atoms with E-state index in [1.807, 2.05) is 51.1 Å². The summed E-state index contributed by atoms with van der Waals surface area (Å²) < 4.78 is 11.3. The molecule has 1 N–H and O–H groups in total. The largest absolute Gasteiger partial charge is 0.458 e. The highest BCUT2D eigenvalue weighted by atomic mass is 16.6. The summed E-state index contributed by atoms with van der Waals surface area (Å²) in [6, 6.07) is 7.64. The van der Waals surface area contributed by atoms with Crippen molar-refractivity contribution < 1.29 is 28.7 Å². The fourth-order valence-electron chi connectivity index (χ4n) is 5.97. The van der Waals surface area contributed by atoms with Gasteiger partial charge in [-0.2, -0.15) is 0 Å². The predicted molar refractivity (Wildman–Crippen MR) is 147 cm³/mol. The minimum absolute atomic E-state index is 0.0379. The second-order valence-corrected chi connectivity index (χ2v) is 13.5. The molecule has 4 rings (SSSR count). The summed E-state index contributed by atoms with van der Waals surface area (Å²) in [5.74, 6) is -0.909. The highest BCUT2D eigenvalue weighted by Gasteiger charge is 2.56. The molecule has 39 heavy (non-hydrogen) atoms. The smallest absolute Gasteiger partial charge is 0.408 e. The van der Waals surface area contributed by atoms with Gasteiger partial charge in [0.15, 0.2) is 0 Å². The number of likely N-dealkylation sites (tertiary alicyclic amines) is 1. The molecule has 3 fully saturated rings. The third-order valence-corrected chi connectivity index (χ3v) is 7.81. The molecule has 1 aromatic carbocycles. The molecule has 0 bridgehead atoms. The number of carbonyl (C=O) groups is 4. The molecular formula is C30H43N3O6. The van der Waals surface area contributed by atoms with Crippen LogP contribution >= 0.6 is 0 Å². The number of benzene rings is 1. The number of para-hydroxylation sites is 1. The van der Waals surface area contributed by atoms with Crippen LogP contribution in [0.15, 0.2) is 30.3 Å². The molecular weight excluding hydrogens is 498 g/mol. The zero-order valence-corrected chi connectivity index (χ0v) is 24.1. The molecule has 214 valence electrons. The Hall–Kier alpha value is -3.10. The number of hydrogen-bond acceptors (Lipinski definition) is 6. The molecule has 1 spiro atoms. The van der Waals surface area contributed by atoms with Crippen LogP contribution in [0, 0.1) is 10.8 Å². The minimum Gasteiger partial charge on any atom is -0.458 e. The molecule has 9 nitrogen and oxygen atoms in total. The van der Waals surface area contributed by atoms with Gasteiger partial charge in [-0.3, -0.25) is 9.59 Å². The number of esters is 1. The van der Waals surface area contributed by atoms with Crippen molar-refractivity contribution in [2.75, 3.05) is 18.0 Å². The first-order valence-corrected chi connectivity index (χ1v) is 14.0. The number of nitrogens with one attached hydrogen (secondary N) is 1. The summed E-state index contributed by atoms with van der Waals surface area (Å²) >= 11 is 0. The topological polar surface area (TPSA) is 105 Å². The molecule has 0 aromatic heterocycles. The Balaban J connectivity index is 1.59. The van der Waals surface area contributed by atoms with E-state index in [9.17, 15) is 19.2 Å². The Labute approximate surface area is 231 Å². The van der Waals surface area contributed by atoms with Crippen molar-refractivity contribution in [1.29, 1.82) is 0 Å². The van der Waals surface area contributed by atoms with Crippen LogP contribution in [-0.2, 0) is 23.9 Å². The van der Waals surface area contributed by atoms with Gasteiger partial charge in [0.2, 0.25) is 11.8 Å². The number of amides is 3. The quantitative estimate of drug-likeness (QED) is 0.553. The summed E-state index contributed by atoms with van der Waals surface area (Å²) in [7, 11) is 0. The van der Waals surface area contributed by atoms with E-state index in [1.54, 1.807) is 25.7 Å². The molecule has 2 heterocycles. The summed E-state index contributed by atoms with van der Waals surface area (Å²) in [4.78, 5) is 56.9. The van der Waals surface area contributed by atoms with E-state index in [2.05, 4.69) is 5.32 Å². The van der Waals surface area contributed by atoms with E-state index in [0.717, 1.165) is 31.4 Å². The van der Waals surface area contributed by atoms with Crippen LogP contribution in [-0.4, -0.2) is 65.7 Å². The second-order valence-electron chi connectivity index (χ2n) is 13.5. The van der Waals surface area contributed by atoms with Crippen LogP contribution in [0.1, 0.15) is 80.1 Å².